The van der Waals surface area contributed by atoms with Gasteiger partial charge in [0.25, 0.3) is 0 Å². The van der Waals surface area contributed by atoms with Gasteiger partial charge in [0, 0.05) is 15.0 Å². The van der Waals surface area contributed by atoms with Crippen molar-refractivity contribution in [2.75, 3.05) is 11.1 Å². The van der Waals surface area contributed by atoms with Crippen LogP contribution in [0.25, 0.3) is 0 Å². The fraction of sp³-hybridized carbons (Fsp3) is 0.364. The molecule has 0 atom stereocenters. The van der Waals surface area contributed by atoms with E-state index in [2.05, 4.69) is 71.0 Å². The Hall–Kier alpha value is -0.230. The van der Waals surface area contributed by atoms with Crippen LogP contribution in [0.2, 0.25) is 0 Å². The van der Waals surface area contributed by atoms with Gasteiger partial charge < -0.3 is 5.32 Å². The predicted molar refractivity (Wildman–Crippen MR) is 76.8 cm³/mol. The van der Waals surface area contributed by atoms with Gasteiger partial charge in [-0.15, -0.1) is 0 Å². The van der Waals surface area contributed by atoms with Gasteiger partial charge in [0.2, 0.25) is 0 Å². The Morgan fingerprint density at radius 2 is 2.00 bits per heavy atom. The summed E-state index contributed by atoms with van der Waals surface area (Å²) < 4.78 is 1.25. The number of halogens is 1. The van der Waals surface area contributed by atoms with E-state index in [-0.39, 0.29) is 5.54 Å². The van der Waals surface area contributed by atoms with E-state index >= 15 is 0 Å². The van der Waals surface area contributed by atoms with Crippen LogP contribution in [0.5, 0.6) is 0 Å². The molecule has 2 rings (SSSR count). The molecule has 0 amide bonds. The second kappa shape index (κ2) is 4.33. The first kappa shape index (κ1) is 11.3. The average molecular weight is 332 g/mol. The van der Waals surface area contributed by atoms with E-state index in [4.69, 9.17) is 0 Å². The lowest BCUT2D eigenvalue weighted by Crippen LogP contribution is -2.15. The molecule has 1 aromatic rings. The van der Waals surface area contributed by atoms with Crippen molar-refractivity contribution in [3.05, 3.63) is 27.8 Å². The Bertz CT molecular complexity index is 384. The van der Waals surface area contributed by atoms with Crippen LogP contribution in [0, 0.1) is 3.57 Å². The highest BCUT2D eigenvalue weighted by molar-refractivity contribution is 14.1. The van der Waals surface area contributed by atoms with Crippen molar-refractivity contribution in [3.8, 4) is 0 Å². The van der Waals surface area contributed by atoms with Gasteiger partial charge in [0.15, 0.2) is 5.17 Å². The van der Waals surface area contributed by atoms with Crippen molar-refractivity contribution < 1.29 is 0 Å². The largest absolute Gasteiger partial charge is 0.335 e. The number of nitrogens with zero attached hydrogens (tertiary/aromatic N) is 1. The molecule has 2 nitrogen and oxygen atoms in total. The molecule has 1 heterocycles. The standard InChI is InChI=1S/C11H13IN2S/c1-11(2)7-15-10(14-11)13-9-5-3-8(12)4-6-9/h3-6H,7H2,1-2H3,(H,13,14). The summed E-state index contributed by atoms with van der Waals surface area (Å²) in [5, 5.41) is 4.36. The zero-order valence-corrected chi connectivity index (χ0v) is 11.7. The fourth-order valence-electron chi connectivity index (χ4n) is 1.31. The quantitative estimate of drug-likeness (QED) is 0.795. The van der Waals surface area contributed by atoms with Gasteiger partial charge in [-0.3, -0.25) is 4.99 Å². The topological polar surface area (TPSA) is 24.4 Å². The number of benzene rings is 1. The molecule has 0 bridgehead atoms. The molecule has 0 aromatic heterocycles. The molecule has 1 aromatic carbocycles. The molecule has 4 heteroatoms. The number of amidine groups is 1. The smallest absolute Gasteiger partial charge is 0.161 e. The molecule has 0 radical (unpaired) electrons. The molecule has 1 N–H and O–H groups in total. The first-order valence-electron chi connectivity index (χ1n) is 4.80. The van der Waals surface area contributed by atoms with Crippen LogP contribution >= 0.6 is 34.4 Å². The van der Waals surface area contributed by atoms with Crippen LogP contribution in [0.15, 0.2) is 29.3 Å². The van der Waals surface area contributed by atoms with Gasteiger partial charge in [0.05, 0.1) is 5.54 Å². The lowest BCUT2D eigenvalue weighted by Gasteiger charge is -2.09. The molecule has 0 spiro atoms. The summed E-state index contributed by atoms with van der Waals surface area (Å²) in [5.74, 6) is 1.06. The molecule has 0 saturated carbocycles. The summed E-state index contributed by atoms with van der Waals surface area (Å²) in [6, 6.07) is 8.34. The minimum absolute atomic E-state index is 0.0796. The number of thioether (sulfide) groups is 1. The van der Waals surface area contributed by atoms with Crippen LogP contribution in [-0.4, -0.2) is 16.5 Å². The number of anilines is 1. The maximum absolute atomic E-state index is 4.60. The summed E-state index contributed by atoms with van der Waals surface area (Å²) in [6.07, 6.45) is 0. The molecule has 0 fully saturated rings. The Kier molecular flexibility index (Phi) is 3.25. The summed E-state index contributed by atoms with van der Waals surface area (Å²) in [6.45, 7) is 4.31. The van der Waals surface area contributed by atoms with Gasteiger partial charge in [-0.1, -0.05) is 11.8 Å². The van der Waals surface area contributed by atoms with Crippen molar-refractivity contribution in [2.45, 2.75) is 19.4 Å². The summed E-state index contributed by atoms with van der Waals surface area (Å²) in [5.41, 5.74) is 1.19. The molecule has 1 aliphatic heterocycles. The van der Waals surface area contributed by atoms with Gasteiger partial charge in [0.1, 0.15) is 0 Å². The first-order chi connectivity index (χ1) is 7.05. The highest BCUT2D eigenvalue weighted by atomic mass is 127. The lowest BCUT2D eigenvalue weighted by molar-refractivity contribution is 0.605. The Labute approximate surface area is 108 Å². The molecule has 0 aliphatic carbocycles. The van der Waals surface area contributed by atoms with E-state index < -0.39 is 0 Å². The highest BCUT2D eigenvalue weighted by Crippen LogP contribution is 2.27. The third-order valence-electron chi connectivity index (χ3n) is 2.06. The summed E-state index contributed by atoms with van der Waals surface area (Å²) in [4.78, 5) is 4.60. The molecule has 80 valence electrons. The van der Waals surface area contributed by atoms with Crippen molar-refractivity contribution in [2.24, 2.45) is 4.99 Å². The summed E-state index contributed by atoms with van der Waals surface area (Å²) in [7, 11) is 0. The van der Waals surface area contributed by atoms with E-state index in [1.807, 2.05) is 0 Å². The molecule has 0 saturated heterocycles. The Balaban J connectivity index is 2.07. The third kappa shape index (κ3) is 3.11. The van der Waals surface area contributed by atoms with Crippen molar-refractivity contribution in [1.29, 1.82) is 0 Å². The number of aliphatic imine (C=N–C) groups is 1. The van der Waals surface area contributed by atoms with Crippen LogP contribution in [-0.2, 0) is 0 Å². The first-order valence-corrected chi connectivity index (χ1v) is 6.87. The fourth-order valence-corrected chi connectivity index (χ4v) is 2.72. The van der Waals surface area contributed by atoms with E-state index in [9.17, 15) is 0 Å². The molecule has 1 aliphatic rings. The van der Waals surface area contributed by atoms with Gasteiger partial charge >= 0.3 is 0 Å². The zero-order chi connectivity index (χ0) is 10.9. The van der Waals surface area contributed by atoms with Crippen molar-refractivity contribution >= 4 is 45.2 Å². The monoisotopic (exact) mass is 332 g/mol. The van der Waals surface area contributed by atoms with Crippen LogP contribution < -0.4 is 5.32 Å². The second-order valence-electron chi connectivity index (χ2n) is 4.15. The predicted octanol–water partition coefficient (Wildman–Crippen LogP) is 3.58. The molecular weight excluding hydrogens is 319 g/mol. The van der Waals surface area contributed by atoms with Crippen LogP contribution in [0.4, 0.5) is 5.69 Å². The lowest BCUT2D eigenvalue weighted by atomic mass is 10.1. The van der Waals surface area contributed by atoms with E-state index in [1.54, 1.807) is 11.8 Å². The third-order valence-corrected chi connectivity index (χ3v) is 4.10. The minimum Gasteiger partial charge on any atom is -0.335 e. The van der Waals surface area contributed by atoms with Crippen LogP contribution in [0.3, 0.4) is 0 Å². The number of nitrogens with one attached hydrogen (secondary N) is 1. The molecular formula is C11H13IN2S. The second-order valence-corrected chi connectivity index (χ2v) is 6.36. The normalized spacial score (nSPS) is 18.7. The van der Waals surface area contributed by atoms with Crippen molar-refractivity contribution in [3.63, 3.8) is 0 Å². The maximum atomic E-state index is 4.60. The summed E-state index contributed by atoms with van der Waals surface area (Å²) >= 11 is 4.09. The average Bonchev–Trinajstić information content (AvgIpc) is 2.50. The molecule has 15 heavy (non-hydrogen) atoms. The Morgan fingerprint density at radius 3 is 2.53 bits per heavy atom. The van der Waals surface area contributed by atoms with E-state index in [0.717, 1.165) is 16.6 Å². The van der Waals surface area contributed by atoms with Gasteiger partial charge in [-0.2, -0.15) is 0 Å². The van der Waals surface area contributed by atoms with E-state index in [0.29, 0.717) is 0 Å². The SMILES string of the molecule is CC1(C)CSC(Nc2ccc(I)cc2)=N1. The zero-order valence-electron chi connectivity index (χ0n) is 8.75. The maximum Gasteiger partial charge on any atom is 0.161 e. The minimum atomic E-state index is 0.0796. The van der Waals surface area contributed by atoms with Crippen molar-refractivity contribution in [1.82, 2.24) is 0 Å². The van der Waals surface area contributed by atoms with Gasteiger partial charge in [-0.25, -0.2) is 0 Å². The number of rotatable bonds is 1. The molecule has 0 unspecified atom stereocenters. The highest BCUT2D eigenvalue weighted by Gasteiger charge is 2.25. The number of hydrogen-bond donors (Lipinski definition) is 1. The Morgan fingerprint density at radius 1 is 1.33 bits per heavy atom. The van der Waals surface area contributed by atoms with Crippen LogP contribution in [0.1, 0.15) is 13.8 Å². The number of hydrogen-bond acceptors (Lipinski definition) is 3. The van der Waals surface area contributed by atoms with E-state index in [1.165, 1.54) is 3.57 Å². The van der Waals surface area contributed by atoms with Gasteiger partial charge in [-0.05, 0) is 60.7 Å².